The van der Waals surface area contributed by atoms with Gasteiger partial charge in [-0.25, -0.2) is 0 Å². The quantitative estimate of drug-likeness (QED) is 0.869. The molecule has 1 aliphatic heterocycles. The zero-order valence-corrected chi connectivity index (χ0v) is 13.9. The van der Waals surface area contributed by atoms with Gasteiger partial charge in [0, 0.05) is 18.5 Å². The van der Waals surface area contributed by atoms with Crippen LogP contribution in [0.2, 0.25) is 0 Å². The average molecular weight is 316 g/mol. The van der Waals surface area contributed by atoms with Gasteiger partial charge in [0.2, 0.25) is 11.8 Å². The Hall–Kier alpha value is -1.06. The van der Waals surface area contributed by atoms with Gasteiger partial charge in [-0.05, 0) is 81.5 Å². The van der Waals surface area contributed by atoms with Gasteiger partial charge < -0.3 is 10.2 Å². The van der Waals surface area contributed by atoms with Crippen LogP contribution < -0.4 is 5.32 Å². The molecule has 4 nitrogen and oxygen atoms in total. The van der Waals surface area contributed by atoms with E-state index in [1.807, 2.05) is 4.90 Å². The van der Waals surface area contributed by atoms with Gasteiger partial charge in [-0.2, -0.15) is 0 Å². The van der Waals surface area contributed by atoms with Gasteiger partial charge in [-0.15, -0.1) is 0 Å². The number of likely N-dealkylation sites (tertiary alicyclic amines) is 1. The first-order valence-electron chi connectivity index (χ1n) is 9.80. The topological polar surface area (TPSA) is 49.4 Å². The molecule has 0 spiro atoms. The van der Waals surface area contributed by atoms with E-state index in [4.69, 9.17) is 0 Å². The minimum Gasteiger partial charge on any atom is -0.352 e. The number of nitrogens with zero attached hydrogens (tertiary/aromatic N) is 1. The second-order valence-electron chi connectivity index (χ2n) is 8.93. The van der Waals surface area contributed by atoms with Crippen molar-refractivity contribution in [2.75, 3.05) is 6.54 Å². The third-order valence-corrected chi connectivity index (χ3v) is 7.27. The number of hydrogen-bond donors (Lipinski definition) is 1. The molecule has 5 aliphatic carbocycles. The highest BCUT2D eigenvalue weighted by atomic mass is 16.2. The Morgan fingerprint density at radius 3 is 2.13 bits per heavy atom. The summed E-state index contributed by atoms with van der Waals surface area (Å²) in [4.78, 5) is 27.8. The molecular formula is C19H28N2O2. The van der Waals surface area contributed by atoms with Crippen LogP contribution in [-0.2, 0) is 9.59 Å². The maximum Gasteiger partial charge on any atom is 0.243 e. The van der Waals surface area contributed by atoms with E-state index < -0.39 is 0 Å². The molecule has 6 aliphatic rings. The van der Waals surface area contributed by atoms with Gasteiger partial charge in [-0.3, -0.25) is 9.59 Å². The van der Waals surface area contributed by atoms with Crippen molar-refractivity contribution in [1.29, 1.82) is 0 Å². The van der Waals surface area contributed by atoms with Gasteiger partial charge in [-0.1, -0.05) is 0 Å². The zero-order valence-electron chi connectivity index (χ0n) is 13.9. The lowest BCUT2D eigenvalue weighted by atomic mass is 9.51. The van der Waals surface area contributed by atoms with E-state index in [0.717, 1.165) is 44.1 Å². The van der Waals surface area contributed by atoms with Gasteiger partial charge >= 0.3 is 0 Å². The van der Waals surface area contributed by atoms with E-state index in [0.29, 0.717) is 23.8 Å². The lowest BCUT2D eigenvalue weighted by Crippen LogP contribution is -2.55. The first kappa shape index (κ1) is 14.3. The van der Waals surface area contributed by atoms with E-state index in [1.165, 1.54) is 32.1 Å². The van der Waals surface area contributed by atoms with E-state index in [1.54, 1.807) is 0 Å². The Morgan fingerprint density at radius 2 is 1.52 bits per heavy atom. The van der Waals surface area contributed by atoms with Crippen LogP contribution in [0.1, 0.15) is 57.8 Å². The van der Waals surface area contributed by atoms with Gasteiger partial charge in [0.15, 0.2) is 0 Å². The third-order valence-electron chi connectivity index (χ3n) is 7.27. The number of rotatable bonds is 3. The molecule has 0 aromatic rings. The van der Waals surface area contributed by atoms with Crippen LogP contribution in [0.25, 0.3) is 0 Å². The van der Waals surface area contributed by atoms with Crippen LogP contribution in [-0.4, -0.2) is 35.3 Å². The van der Waals surface area contributed by atoms with Crippen LogP contribution in [0, 0.1) is 29.6 Å². The minimum absolute atomic E-state index is 0.113. The summed E-state index contributed by atoms with van der Waals surface area (Å²) in [6.07, 6.45) is 10.6. The lowest BCUT2D eigenvalue weighted by molar-refractivity contribution is -0.152. The summed E-state index contributed by atoms with van der Waals surface area (Å²) in [5.41, 5.74) is 0. The summed E-state index contributed by atoms with van der Waals surface area (Å²) < 4.78 is 0. The Balaban J connectivity index is 1.32. The second kappa shape index (κ2) is 5.22. The molecule has 0 aromatic carbocycles. The monoisotopic (exact) mass is 316 g/mol. The van der Waals surface area contributed by atoms with Gasteiger partial charge in [0.05, 0.1) is 0 Å². The minimum atomic E-state index is -0.180. The summed E-state index contributed by atoms with van der Waals surface area (Å²) in [7, 11) is 0. The highest BCUT2D eigenvalue weighted by Gasteiger charge is 2.52. The summed E-state index contributed by atoms with van der Waals surface area (Å²) in [5.74, 6) is 3.70. The summed E-state index contributed by atoms with van der Waals surface area (Å²) >= 11 is 0. The Labute approximate surface area is 138 Å². The van der Waals surface area contributed by atoms with Crippen molar-refractivity contribution in [3.63, 3.8) is 0 Å². The fraction of sp³-hybridized carbons (Fsp3) is 0.895. The number of nitrogens with one attached hydrogen (secondary N) is 1. The van der Waals surface area contributed by atoms with E-state index in [2.05, 4.69) is 5.32 Å². The smallest absolute Gasteiger partial charge is 0.243 e. The first-order valence-corrected chi connectivity index (χ1v) is 9.80. The molecule has 1 atom stereocenters. The molecule has 1 saturated heterocycles. The zero-order chi connectivity index (χ0) is 15.6. The first-order chi connectivity index (χ1) is 11.2. The van der Waals surface area contributed by atoms with Crippen LogP contribution >= 0.6 is 0 Å². The summed E-state index contributed by atoms with van der Waals surface area (Å²) in [6, 6.07) is 0.210. The van der Waals surface area contributed by atoms with Gasteiger partial charge in [0.25, 0.3) is 0 Å². The molecule has 5 saturated carbocycles. The molecular weight excluding hydrogens is 288 g/mol. The molecule has 6 fully saturated rings. The van der Waals surface area contributed by atoms with Crippen LogP contribution in [0.3, 0.4) is 0 Å². The summed E-state index contributed by atoms with van der Waals surface area (Å²) in [6.45, 7) is 0.796. The molecule has 126 valence electrons. The third kappa shape index (κ3) is 2.40. The maximum absolute atomic E-state index is 13.3. The predicted molar refractivity (Wildman–Crippen MR) is 86.4 cm³/mol. The fourth-order valence-electron chi connectivity index (χ4n) is 6.35. The molecule has 1 unspecified atom stereocenters. The van der Waals surface area contributed by atoms with Crippen LogP contribution in [0.5, 0.6) is 0 Å². The molecule has 2 amide bonds. The summed E-state index contributed by atoms with van der Waals surface area (Å²) in [5, 5.41) is 3.12. The van der Waals surface area contributed by atoms with Crippen LogP contribution in [0.4, 0.5) is 0 Å². The second-order valence-corrected chi connectivity index (χ2v) is 8.93. The van der Waals surface area contributed by atoms with E-state index >= 15 is 0 Å². The molecule has 6 rings (SSSR count). The Kier molecular flexibility index (Phi) is 3.24. The van der Waals surface area contributed by atoms with Crippen molar-refractivity contribution in [3.8, 4) is 0 Å². The molecule has 1 heterocycles. The van der Waals surface area contributed by atoms with Crippen molar-refractivity contribution in [2.45, 2.75) is 69.9 Å². The lowest BCUT2D eigenvalue weighted by Gasteiger charge is -2.54. The number of amides is 2. The van der Waals surface area contributed by atoms with Crippen molar-refractivity contribution < 1.29 is 9.59 Å². The van der Waals surface area contributed by atoms with Crippen molar-refractivity contribution in [1.82, 2.24) is 10.2 Å². The predicted octanol–water partition coefficient (Wildman–Crippen LogP) is 2.33. The SMILES string of the molecule is O=C(NC1CC1)C1CCCN1C(=O)C1C2CC3CC(C2)CC1C3. The maximum atomic E-state index is 13.3. The molecule has 0 aromatic heterocycles. The molecule has 0 radical (unpaired) electrons. The van der Waals surface area contributed by atoms with Crippen molar-refractivity contribution in [3.05, 3.63) is 0 Å². The molecule has 4 heteroatoms. The normalized spacial score (nSPS) is 44.6. The van der Waals surface area contributed by atoms with Crippen molar-refractivity contribution in [2.24, 2.45) is 29.6 Å². The number of carbonyl (C=O) groups is 2. The largest absolute Gasteiger partial charge is 0.352 e. The highest BCUT2D eigenvalue weighted by molar-refractivity contribution is 5.89. The standard InChI is InChI=1S/C19H28N2O2/c22-18(20-15-3-4-15)16-2-1-5-21(16)19(23)17-13-7-11-6-12(9-13)10-14(17)8-11/h11-17H,1-10H2,(H,20,22). The van der Waals surface area contributed by atoms with E-state index in [-0.39, 0.29) is 17.9 Å². The molecule has 23 heavy (non-hydrogen) atoms. The van der Waals surface area contributed by atoms with Crippen LogP contribution in [0.15, 0.2) is 0 Å². The Morgan fingerprint density at radius 1 is 0.870 bits per heavy atom. The molecule has 4 bridgehead atoms. The highest BCUT2D eigenvalue weighted by Crippen LogP contribution is 2.57. The average Bonchev–Trinajstić information content (AvgIpc) is 3.18. The van der Waals surface area contributed by atoms with E-state index in [9.17, 15) is 9.59 Å². The Bertz CT molecular complexity index is 499. The van der Waals surface area contributed by atoms with Gasteiger partial charge in [0.1, 0.15) is 6.04 Å². The number of carbonyl (C=O) groups excluding carboxylic acids is 2. The fourth-order valence-corrected chi connectivity index (χ4v) is 6.35. The van der Waals surface area contributed by atoms with Crippen molar-refractivity contribution >= 4 is 11.8 Å². The molecule has 1 N–H and O–H groups in total. The number of hydrogen-bond acceptors (Lipinski definition) is 2.